The second-order valence-corrected chi connectivity index (χ2v) is 6.44. The van der Waals surface area contributed by atoms with Gasteiger partial charge in [-0.15, -0.1) is 0 Å². The first kappa shape index (κ1) is 15.7. The van der Waals surface area contributed by atoms with Crippen molar-refractivity contribution in [1.82, 2.24) is 9.97 Å². The molecule has 0 radical (unpaired) electrons. The molecule has 2 rings (SSSR count). The third-order valence-corrected chi connectivity index (χ3v) is 4.50. The lowest BCUT2D eigenvalue weighted by Gasteiger charge is -2.13. The van der Waals surface area contributed by atoms with Gasteiger partial charge in [0.25, 0.3) is 0 Å². The van der Waals surface area contributed by atoms with Gasteiger partial charge in [0, 0.05) is 20.9 Å². The number of benzene rings is 1. The van der Waals surface area contributed by atoms with E-state index in [-0.39, 0.29) is 0 Å². The van der Waals surface area contributed by atoms with Crippen LogP contribution < -0.4 is 5.32 Å². The Morgan fingerprint density at radius 1 is 1.20 bits per heavy atom. The van der Waals surface area contributed by atoms with Crippen molar-refractivity contribution in [3.8, 4) is 0 Å². The largest absolute Gasteiger partial charge is 0.338 e. The SMILES string of the molecule is CCCc1nc(Cl)c(C)c(Nc2c(Br)cccc2Br)n1. The van der Waals surface area contributed by atoms with Crippen LogP contribution in [0.4, 0.5) is 11.5 Å². The summed E-state index contributed by atoms with van der Waals surface area (Å²) in [4.78, 5) is 8.85. The minimum absolute atomic E-state index is 0.495. The number of nitrogens with one attached hydrogen (secondary N) is 1. The molecule has 0 unspecified atom stereocenters. The quantitative estimate of drug-likeness (QED) is 0.650. The van der Waals surface area contributed by atoms with E-state index in [2.05, 4.69) is 54.1 Å². The Kier molecular flexibility index (Phi) is 5.41. The maximum absolute atomic E-state index is 6.19. The van der Waals surface area contributed by atoms with Gasteiger partial charge in [0.05, 0.1) is 5.69 Å². The first-order valence-corrected chi connectivity index (χ1v) is 8.23. The van der Waals surface area contributed by atoms with Crippen molar-refractivity contribution in [1.29, 1.82) is 0 Å². The topological polar surface area (TPSA) is 37.8 Å². The molecule has 0 saturated heterocycles. The van der Waals surface area contributed by atoms with Crippen molar-refractivity contribution in [2.75, 3.05) is 5.32 Å². The van der Waals surface area contributed by atoms with E-state index in [9.17, 15) is 0 Å². The molecule has 2 aromatic rings. The summed E-state index contributed by atoms with van der Waals surface area (Å²) >= 11 is 13.2. The molecule has 20 heavy (non-hydrogen) atoms. The molecule has 0 spiro atoms. The van der Waals surface area contributed by atoms with Crippen molar-refractivity contribution in [3.05, 3.63) is 43.7 Å². The minimum atomic E-state index is 0.495. The average Bonchev–Trinajstić information content (AvgIpc) is 2.39. The van der Waals surface area contributed by atoms with Crippen molar-refractivity contribution in [2.24, 2.45) is 0 Å². The smallest absolute Gasteiger partial charge is 0.138 e. The Balaban J connectivity index is 2.42. The zero-order valence-electron chi connectivity index (χ0n) is 11.2. The van der Waals surface area contributed by atoms with Crippen LogP contribution in [0.15, 0.2) is 27.1 Å². The summed E-state index contributed by atoms with van der Waals surface area (Å²) < 4.78 is 1.91. The number of halogens is 3. The van der Waals surface area contributed by atoms with E-state index < -0.39 is 0 Å². The van der Waals surface area contributed by atoms with Crippen molar-refractivity contribution >= 4 is 55.0 Å². The van der Waals surface area contributed by atoms with Gasteiger partial charge in [-0.3, -0.25) is 0 Å². The van der Waals surface area contributed by atoms with E-state index in [1.165, 1.54) is 0 Å². The molecule has 0 aliphatic rings. The van der Waals surface area contributed by atoms with Crippen LogP contribution in [0.25, 0.3) is 0 Å². The molecule has 0 bridgehead atoms. The van der Waals surface area contributed by atoms with Crippen LogP contribution >= 0.6 is 43.5 Å². The van der Waals surface area contributed by atoms with Crippen molar-refractivity contribution in [2.45, 2.75) is 26.7 Å². The normalized spacial score (nSPS) is 10.7. The molecule has 1 aromatic carbocycles. The van der Waals surface area contributed by atoms with E-state index in [0.29, 0.717) is 5.15 Å². The van der Waals surface area contributed by atoms with E-state index in [4.69, 9.17) is 11.6 Å². The summed E-state index contributed by atoms with van der Waals surface area (Å²) in [5.41, 5.74) is 1.77. The molecule has 0 amide bonds. The van der Waals surface area contributed by atoms with Crippen molar-refractivity contribution < 1.29 is 0 Å². The van der Waals surface area contributed by atoms with Gasteiger partial charge >= 0.3 is 0 Å². The average molecular weight is 420 g/mol. The van der Waals surface area contributed by atoms with Gasteiger partial charge in [0.1, 0.15) is 16.8 Å². The molecule has 1 aromatic heterocycles. The first-order valence-electron chi connectivity index (χ1n) is 6.27. The van der Waals surface area contributed by atoms with Crippen LogP contribution in [0.2, 0.25) is 5.15 Å². The zero-order valence-corrected chi connectivity index (χ0v) is 15.1. The lowest BCUT2D eigenvalue weighted by Crippen LogP contribution is -2.04. The van der Waals surface area contributed by atoms with E-state index >= 15 is 0 Å². The predicted molar refractivity (Wildman–Crippen MR) is 90.9 cm³/mol. The molecule has 0 saturated carbocycles. The Morgan fingerprint density at radius 2 is 1.85 bits per heavy atom. The van der Waals surface area contributed by atoms with Gasteiger partial charge in [-0.2, -0.15) is 0 Å². The maximum atomic E-state index is 6.19. The van der Waals surface area contributed by atoms with Crippen LogP contribution in [0, 0.1) is 6.92 Å². The molecule has 0 aliphatic heterocycles. The summed E-state index contributed by atoms with van der Waals surface area (Å²) in [6.45, 7) is 4.00. The third-order valence-electron chi connectivity index (χ3n) is 2.81. The lowest BCUT2D eigenvalue weighted by molar-refractivity contribution is 0.833. The van der Waals surface area contributed by atoms with E-state index in [1.807, 2.05) is 25.1 Å². The minimum Gasteiger partial charge on any atom is -0.338 e. The number of nitrogens with zero attached hydrogens (tertiary/aromatic N) is 2. The van der Waals surface area contributed by atoms with Gasteiger partial charge in [-0.05, 0) is 57.3 Å². The highest BCUT2D eigenvalue weighted by molar-refractivity contribution is 9.11. The summed E-state index contributed by atoms with van der Waals surface area (Å²) in [6.07, 6.45) is 1.80. The van der Waals surface area contributed by atoms with Crippen LogP contribution in [0.1, 0.15) is 24.7 Å². The Bertz CT molecular complexity index is 612. The monoisotopic (exact) mass is 417 g/mol. The van der Waals surface area contributed by atoms with Gasteiger partial charge in [0.15, 0.2) is 0 Å². The summed E-state index contributed by atoms with van der Waals surface area (Å²) in [5.74, 6) is 1.50. The number of para-hydroxylation sites is 1. The van der Waals surface area contributed by atoms with Crippen molar-refractivity contribution in [3.63, 3.8) is 0 Å². The molecular weight excluding hydrogens is 405 g/mol. The fraction of sp³-hybridized carbons (Fsp3) is 0.286. The lowest BCUT2D eigenvalue weighted by atomic mass is 10.2. The number of anilines is 2. The second-order valence-electron chi connectivity index (χ2n) is 4.38. The van der Waals surface area contributed by atoms with E-state index in [0.717, 1.165) is 44.7 Å². The number of rotatable bonds is 4. The molecule has 1 N–H and O–H groups in total. The van der Waals surface area contributed by atoms with Gasteiger partial charge in [-0.25, -0.2) is 9.97 Å². The zero-order chi connectivity index (χ0) is 14.7. The fourth-order valence-electron chi connectivity index (χ4n) is 1.73. The molecule has 6 heteroatoms. The van der Waals surface area contributed by atoms with Gasteiger partial charge < -0.3 is 5.32 Å². The Hall–Kier alpha value is -0.650. The highest BCUT2D eigenvalue weighted by Gasteiger charge is 2.12. The number of aromatic nitrogens is 2. The second kappa shape index (κ2) is 6.87. The molecule has 106 valence electrons. The molecule has 0 fully saturated rings. The molecular formula is C14H14Br2ClN3. The molecule has 0 atom stereocenters. The van der Waals surface area contributed by atoms with Gasteiger partial charge in [-0.1, -0.05) is 24.6 Å². The fourth-order valence-corrected chi connectivity index (χ4v) is 3.11. The van der Waals surface area contributed by atoms with Gasteiger partial charge in [0.2, 0.25) is 0 Å². The first-order chi connectivity index (χ1) is 9.52. The number of aryl methyl sites for hydroxylation is 1. The Morgan fingerprint density at radius 3 is 2.45 bits per heavy atom. The summed E-state index contributed by atoms with van der Waals surface area (Å²) in [5, 5.41) is 3.81. The Labute approximate surface area is 140 Å². The molecule has 0 aliphatic carbocycles. The standard InChI is InChI=1S/C14H14Br2ClN3/c1-3-5-11-18-13(17)8(2)14(19-11)20-12-9(15)6-4-7-10(12)16/h4,6-7H,3,5H2,1-2H3,(H,18,19,20). The maximum Gasteiger partial charge on any atom is 0.138 e. The third kappa shape index (κ3) is 3.51. The molecule has 3 nitrogen and oxygen atoms in total. The van der Waals surface area contributed by atoms with E-state index in [1.54, 1.807) is 0 Å². The van der Waals surface area contributed by atoms with Crippen LogP contribution in [0.3, 0.4) is 0 Å². The highest BCUT2D eigenvalue weighted by atomic mass is 79.9. The molecule has 1 heterocycles. The van der Waals surface area contributed by atoms with Crippen LogP contribution in [0.5, 0.6) is 0 Å². The summed E-state index contributed by atoms with van der Waals surface area (Å²) in [7, 11) is 0. The van der Waals surface area contributed by atoms with Crippen LogP contribution in [-0.4, -0.2) is 9.97 Å². The highest BCUT2D eigenvalue weighted by Crippen LogP contribution is 2.34. The predicted octanol–water partition coefficient (Wildman–Crippen LogP) is 5.66. The summed E-state index contributed by atoms with van der Waals surface area (Å²) in [6, 6.07) is 5.90. The number of hydrogen-bond donors (Lipinski definition) is 1. The number of hydrogen-bond acceptors (Lipinski definition) is 3. The van der Waals surface area contributed by atoms with Crippen LogP contribution in [-0.2, 0) is 6.42 Å².